The van der Waals surface area contributed by atoms with Gasteiger partial charge in [-0.15, -0.1) is 0 Å². The minimum Gasteiger partial charge on any atom is -0.315 e. The number of anilines is 1. The van der Waals surface area contributed by atoms with Gasteiger partial charge in [0, 0.05) is 48.7 Å². The number of fused-ring (bicyclic) bond motifs is 1. The molecular formula is C22H21N3O2. The van der Waals surface area contributed by atoms with Gasteiger partial charge in [-0.1, -0.05) is 24.3 Å². The second kappa shape index (κ2) is 6.83. The molecule has 2 aromatic heterocycles. The Morgan fingerprint density at radius 2 is 1.85 bits per heavy atom. The first-order chi connectivity index (χ1) is 13.0. The second-order valence-electron chi connectivity index (χ2n) is 6.94. The molecule has 5 heteroatoms. The molecule has 1 aliphatic heterocycles. The van der Waals surface area contributed by atoms with Crippen molar-refractivity contribution < 1.29 is 4.79 Å². The largest absolute Gasteiger partial charge is 0.315 e. The highest BCUT2D eigenvalue weighted by Gasteiger charge is 2.24. The standard InChI is InChI=1S/C22H21N3O2/c1-15-5-3-8-21(27)25(15)14-16-11-18(13-23-12-16)19-7-4-6-17-9-10-20(26)24(2)22(17)19/h3-8,11-13H,9-10,14H2,1-2H3. The highest BCUT2D eigenvalue weighted by Crippen LogP contribution is 2.37. The van der Waals surface area contributed by atoms with E-state index in [0.717, 1.165) is 34.5 Å². The Morgan fingerprint density at radius 1 is 1.04 bits per heavy atom. The van der Waals surface area contributed by atoms with Crippen molar-refractivity contribution in [2.75, 3.05) is 11.9 Å². The van der Waals surface area contributed by atoms with Gasteiger partial charge in [0.1, 0.15) is 0 Å². The number of rotatable bonds is 3. The van der Waals surface area contributed by atoms with Gasteiger partial charge in [0.15, 0.2) is 0 Å². The summed E-state index contributed by atoms with van der Waals surface area (Å²) in [6.45, 7) is 2.39. The molecule has 0 fully saturated rings. The molecule has 0 aliphatic carbocycles. The van der Waals surface area contributed by atoms with Crippen molar-refractivity contribution in [2.24, 2.45) is 0 Å². The minimum absolute atomic E-state index is 0.0252. The maximum Gasteiger partial charge on any atom is 0.251 e. The normalized spacial score (nSPS) is 13.6. The van der Waals surface area contributed by atoms with E-state index in [1.165, 1.54) is 5.56 Å². The first kappa shape index (κ1) is 17.2. The second-order valence-corrected chi connectivity index (χ2v) is 6.94. The van der Waals surface area contributed by atoms with E-state index < -0.39 is 0 Å². The topological polar surface area (TPSA) is 55.2 Å². The first-order valence-electron chi connectivity index (χ1n) is 9.04. The number of para-hydroxylation sites is 1. The van der Waals surface area contributed by atoms with Crippen molar-refractivity contribution in [3.05, 3.63) is 82.0 Å². The van der Waals surface area contributed by atoms with Crippen molar-refractivity contribution >= 4 is 11.6 Å². The predicted octanol–water partition coefficient (Wildman–Crippen LogP) is 3.18. The lowest BCUT2D eigenvalue weighted by Crippen LogP contribution is -2.31. The van der Waals surface area contributed by atoms with Crippen LogP contribution in [0, 0.1) is 6.92 Å². The molecule has 1 aliphatic rings. The number of aryl methyl sites for hydroxylation is 2. The van der Waals surface area contributed by atoms with E-state index >= 15 is 0 Å². The summed E-state index contributed by atoms with van der Waals surface area (Å²) in [5, 5.41) is 0. The summed E-state index contributed by atoms with van der Waals surface area (Å²) in [6.07, 6.45) is 4.90. The fourth-order valence-electron chi connectivity index (χ4n) is 3.69. The van der Waals surface area contributed by atoms with Crippen LogP contribution in [0.15, 0.2) is 59.7 Å². The maximum absolute atomic E-state index is 12.2. The van der Waals surface area contributed by atoms with Gasteiger partial charge in [0.05, 0.1) is 12.2 Å². The van der Waals surface area contributed by atoms with Gasteiger partial charge in [0.25, 0.3) is 5.56 Å². The number of carbonyl (C=O) groups excluding carboxylic acids is 1. The molecule has 0 radical (unpaired) electrons. The van der Waals surface area contributed by atoms with Crippen LogP contribution in [0.25, 0.3) is 11.1 Å². The van der Waals surface area contributed by atoms with Crippen molar-refractivity contribution in [3.8, 4) is 11.1 Å². The van der Waals surface area contributed by atoms with Crippen LogP contribution in [0.5, 0.6) is 0 Å². The quantitative estimate of drug-likeness (QED) is 0.722. The first-order valence-corrected chi connectivity index (χ1v) is 9.04. The summed E-state index contributed by atoms with van der Waals surface area (Å²) in [5.74, 6) is 0.130. The van der Waals surface area contributed by atoms with E-state index in [0.29, 0.717) is 13.0 Å². The van der Waals surface area contributed by atoms with E-state index in [1.807, 2.05) is 38.4 Å². The van der Waals surface area contributed by atoms with Gasteiger partial charge in [0.2, 0.25) is 5.91 Å². The third kappa shape index (κ3) is 3.16. The molecular weight excluding hydrogens is 338 g/mol. The number of hydrogen-bond acceptors (Lipinski definition) is 3. The van der Waals surface area contributed by atoms with E-state index in [4.69, 9.17) is 0 Å². The maximum atomic E-state index is 12.2. The monoisotopic (exact) mass is 359 g/mol. The number of aromatic nitrogens is 2. The Kier molecular flexibility index (Phi) is 4.36. The number of hydrogen-bond donors (Lipinski definition) is 0. The van der Waals surface area contributed by atoms with Crippen LogP contribution in [0.1, 0.15) is 23.2 Å². The van der Waals surface area contributed by atoms with Crippen molar-refractivity contribution in [1.29, 1.82) is 0 Å². The molecule has 5 nitrogen and oxygen atoms in total. The highest BCUT2D eigenvalue weighted by atomic mass is 16.2. The summed E-state index contributed by atoms with van der Waals surface area (Å²) >= 11 is 0. The molecule has 1 aromatic carbocycles. The van der Waals surface area contributed by atoms with Crippen LogP contribution >= 0.6 is 0 Å². The summed E-state index contributed by atoms with van der Waals surface area (Å²) in [6, 6.07) is 13.4. The Balaban J connectivity index is 1.76. The Labute approximate surface area is 157 Å². The molecule has 136 valence electrons. The zero-order chi connectivity index (χ0) is 19.0. The van der Waals surface area contributed by atoms with Crippen LogP contribution in [-0.4, -0.2) is 22.5 Å². The molecule has 1 amide bonds. The number of amides is 1. The summed E-state index contributed by atoms with van der Waals surface area (Å²) in [5.41, 5.74) is 5.92. The van der Waals surface area contributed by atoms with Gasteiger partial charge in [-0.2, -0.15) is 0 Å². The molecule has 0 unspecified atom stereocenters. The molecule has 0 N–H and O–H groups in total. The van der Waals surface area contributed by atoms with Gasteiger partial charge in [-0.05, 0) is 36.6 Å². The Morgan fingerprint density at radius 3 is 2.67 bits per heavy atom. The third-order valence-corrected chi connectivity index (χ3v) is 5.15. The molecule has 4 rings (SSSR count). The van der Waals surface area contributed by atoms with Gasteiger partial charge in [-0.25, -0.2) is 0 Å². The van der Waals surface area contributed by atoms with E-state index in [9.17, 15) is 9.59 Å². The van der Waals surface area contributed by atoms with Crippen molar-refractivity contribution in [1.82, 2.24) is 9.55 Å². The smallest absolute Gasteiger partial charge is 0.251 e. The molecule has 0 saturated heterocycles. The Hall–Kier alpha value is -3.21. The molecule has 27 heavy (non-hydrogen) atoms. The summed E-state index contributed by atoms with van der Waals surface area (Å²) in [4.78, 5) is 30.5. The van der Waals surface area contributed by atoms with Crippen LogP contribution in [0.3, 0.4) is 0 Å². The zero-order valence-electron chi connectivity index (χ0n) is 15.5. The molecule has 3 aromatic rings. The average molecular weight is 359 g/mol. The fraction of sp³-hybridized carbons (Fsp3) is 0.227. The summed E-state index contributed by atoms with van der Waals surface area (Å²) < 4.78 is 1.73. The van der Waals surface area contributed by atoms with Crippen LogP contribution in [-0.2, 0) is 17.8 Å². The molecule has 0 spiro atoms. The van der Waals surface area contributed by atoms with E-state index in [1.54, 1.807) is 27.8 Å². The minimum atomic E-state index is -0.0252. The van der Waals surface area contributed by atoms with E-state index in [-0.39, 0.29) is 11.5 Å². The third-order valence-electron chi connectivity index (χ3n) is 5.15. The van der Waals surface area contributed by atoms with Gasteiger partial charge >= 0.3 is 0 Å². The predicted molar refractivity (Wildman–Crippen MR) is 106 cm³/mol. The number of benzene rings is 1. The molecule has 0 atom stereocenters. The van der Waals surface area contributed by atoms with Gasteiger partial charge in [-0.3, -0.25) is 14.6 Å². The van der Waals surface area contributed by atoms with Gasteiger partial charge < -0.3 is 9.47 Å². The zero-order valence-corrected chi connectivity index (χ0v) is 15.5. The fourth-order valence-corrected chi connectivity index (χ4v) is 3.69. The molecule has 3 heterocycles. The lowest BCUT2D eigenvalue weighted by atomic mass is 9.94. The van der Waals surface area contributed by atoms with Crippen LogP contribution < -0.4 is 10.5 Å². The van der Waals surface area contributed by atoms with Crippen LogP contribution in [0.2, 0.25) is 0 Å². The molecule has 0 bridgehead atoms. The number of carbonyl (C=O) groups is 1. The Bertz CT molecular complexity index is 1080. The lowest BCUT2D eigenvalue weighted by molar-refractivity contribution is -0.118. The average Bonchev–Trinajstić information content (AvgIpc) is 2.68. The number of nitrogens with zero attached hydrogens (tertiary/aromatic N) is 3. The molecule has 0 saturated carbocycles. The number of pyridine rings is 2. The van der Waals surface area contributed by atoms with Crippen molar-refractivity contribution in [2.45, 2.75) is 26.3 Å². The highest BCUT2D eigenvalue weighted by molar-refractivity contribution is 6.00. The van der Waals surface area contributed by atoms with Crippen LogP contribution in [0.4, 0.5) is 5.69 Å². The van der Waals surface area contributed by atoms with E-state index in [2.05, 4.69) is 17.1 Å². The lowest BCUT2D eigenvalue weighted by Gasteiger charge is -2.28. The summed E-state index contributed by atoms with van der Waals surface area (Å²) in [7, 11) is 1.83. The van der Waals surface area contributed by atoms with Crippen molar-refractivity contribution in [3.63, 3.8) is 0 Å². The SMILES string of the molecule is Cc1cccc(=O)n1Cc1cncc(-c2cccc3c2N(C)C(=O)CC3)c1.